The van der Waals surface area contributed by atoms with Gasteiger partial charge in [-0.25, -0.2) is 4.98 Å². The molecule has 1 rings (SSSR count). The van der Waals surface area contributed by atoms with Crippen LogP contribution in [0.15, 0.2) is 18.3 Å². The second kappa shape index (κ2) is 5.32. The SMILES string of the molecule is CC(C)C(CN)Nc1ccnc(C#N)c1. The van der Waals surface area contributed by atoms with E-state index in [9.17, 15) is 0 Å². The highest BCUT2D eigenvalue weighted by molar-refractivity contribution is 5.46. The standard InChI is InChI=1S/C11H16N4/c1-8(2)11(7-13)15-9-3-4-14-10(5-9)6-12/h3-5,8,11H,7,13H2,1-2H3,(H,14,15). The van der Waals surface area contributed by atoms with Crippen molar-refractivity contribution >= 4 is 5.69 Å². The van der Waals surface area contributed by atoms with Crippen molar-refractivity contribution in [3.05, 3.63) is 24.0 Å². The van der Waals surface area contributed by atoms with Crippen LogP contribution in [0.2, 0.25) is 0 Å². The second-order valence-electron chi connectivity index (χ2n) is 3.77. The van der Waals surface area contributed by atoms with Gasteiger partial charge in [0.15, 0.2) is 0 Å². The van der Waals surface area contributed by atoms with Crippen LogP contribution in [0.5, 0.6) is 0 Å². The second-order valence-corrected chi connectivity index (χ2v) is 3.77. The van der Waals surface area contributed by atoms with Gasteiger partial charge in [-0.1, -0.05) is 13.8 Å². The average Bonchev–Trinajstić information content (AvgIpc) is 2.25. The van der Waals surface area contributed by atoms with E-state index >= 15 is 0 Å². The van der Waals surface area contributed by atoms with Crippen molar-refractivity contribution < 1.29 is 0 Å². The zero-order valence-electron chi connectivity index (χ0n) is 9.07. The number of nitrogens with one attached hydrogen (secondary N) is 1. The van der Waals surface area contributed by atoms with Gasteiger partial charge in [0.05, 0.1) is 0 Å². The van der Waals surface area contributed by atoms with E-state index in [1.54, 1.807) is 12.3 Å². The molecule has 4 heteroatoms. The molecule has 1 aromatic rings. The third-order valence-corrected chi connectivity index (χ3v) is 2.29. The largest absolute Gasteiger partial charge is 0.381 e. The van der Waals surface area contributed by atoms with Crippen LogP contribution < -0.4 is 11.1 Å². The van der Waals surface area contributed by atoms with Crippen LogP contribution in [0.4, 0.5) is 5.69 Å². The van der Waals surface area contributed by atoms with Gasteiger partial charge in [-0.3, -0.25) is 0 Å². The van der Waals surface area contributed by atoms with Gasteiger partial charge in [-0.05, 0) is 18.1 Å². The van der Waals surface area contributed by atoms with E-state index in [1.807, 2.05) is 12.1 Å². The average molecular weight is 204 g/mol. The van der Waals surface area contributed by atoms with Gasteiger partial charge in [0.25, 0.3) is 0 Å². The normalized spacial score (nSPS) is 12.2. The molecule has 0 fully saturated rings. The van der Waals surface area contributed by atoms with Crippen LogP contribution in [0, 0.1) is 17.2 Å². The Morgan fingerprint density at radius 1 is 1.60 bits per heavy atom. The summed E-state index contributed by atoms with van der Waals surface area (Å²) in [5, 5.41) is 12.0. The smallest absolute Gasteiger partial charge is 0.142 e. The van der Waals surface area contributed by atoms with E-state index < -0.39 is 0 Å². The summed E-state index contributed by atoms with van der Waals surface area (Å²) >= 11 is 0. The number of hydrogen-bond donors (Lipinski definition) is 2. The van der Waals surface area contributed by atoms with Crippen LogP contribution in [0.3, 0.4) is 0 Å². The molecule has 4 nitrogen and oxygen atoms in total. The van der Waals surface area contributed by atoms with Crippen molar-refractivity contribution in [2.45, 2.75) is 19.9 Å². The van der Waals surface area contributed by atoms with E-state index in [2.05, 4.69) is 24.1 Å². The molecule has 80 valence electrons. The summed E-state index contributed by atoms with van der Waals surface area (Å²) in [5.74, 6) is 0.453. The zero-order valence-corrected chi connectivity index (χ0v) is 9.07. The molecule has 0 aliphatic heterocycles. The lowest BCUT2D eigenvalue weighted by molar-refractivity contribution is 0.531. The molecule has 0 amide bonds. The molecule has 1 heterocycles. The predicted octanol–water partition coefficient (Wildman–Crippen LogP) is 1.35. The third-order valence-electron chi connectivity index (χ3n) is 2.29. The number of nitrogens with two attached hydrogens (primary N) is 1. The first kappa shape index (κ1) is 11.5. The third kappa shape index (κ3) is 3.22. The van der Waals surface area contributed by atoms with Crippen LogP contribution in [-0.2, 0) is 0 Å². The lowest BCUT2D eigenvalue weighted by Crippen LogP contribution is -2.33. The molecule has 0 aliphatic carbocycles. The van der Waals surface area contributed by atoms with Crippen LogP contribution in [-0.4, -0.2) is 17.6 Å². The highest BCUT2D eigenvalue weighted by Crippen LogP contribution is 2.12. The number of nitriles is 1. The fraction of sp³-hybridized carbons (Fsp3) is 0.455. The summed E-state index contributed by atoms with van der Waals surface area (Å²) in [5.41, 5.74) is 6.96. The van der Waals surface area contributed by atoms with Crippen molar-refractivity contribution in [2.75, 3.05) is 11.9 Å². The molecular weight excluding hydrogens is 188 g/mol. The first-order chi connectivity index (χ1) is 7.17. The minimum Gasteiger partial charge on any atom is -0.381 e. The molecule has 1 atom stereocenters. The highest BCUT2D eigenvalue weighted by Gasteiger charge is 2.10. The summed E-state index contributed by atoms with van der Waals surface area (Å²) in [6.07, 6.45) is 1.62. The molecule has 0 saturated heterocycles. The first-order valence-corrected chi connectivity index (χ1v) is 5.00. The number of rotatable bonds is 4. The fourth-order valence-corrected chi connectivity index (χ4v) is 1.29. The highest BCUT2D eigenvalue weighted by atomic mass is 14.9. The molecule has 0 aliphatic rings. The fourth-order valence-electron chi connectivity index (χ4n) is 1.29. The van der Waals surface area contributed by atoms with Gasteiger partial charge in [-0.15, -0.1) is 0 Å². The number of hydrogen-bond acceptors (Lipinski definition) is 4. The van der Waals surface area contributed by atoms with Gasteiger partial charge in [0, 0.05) is 24.5 Å². The Balaban J connectivity index is 2.75. The molecule has 15 heavy (non-hydrogen) atoms. The number of aromatic nitrogens is 1. The van der Waals surface area contributed by atoms with Gasteiger partial charge >= 0.3 is 0 Å². The minimum absolute atomic E-state index is 0.221. The Labute approximate surface area is 90.1 Å². The summed E-state index contributed by atoms with van der Waals surface area (Å²) in [6, 6.07) is 5.79. The maximum absolute atomic E-state index is 8.70. The lowest BCUT2D eigenvalue weighted by atomic mass is 10.0. The molecule has 1 aromatic heterocycles. The van der Waals surface area contributed by atoms with Crippen molar-refractivity contribution in [2.24, 2.45) is 11.7 Å². The number of pyridine rings is 1. The Bertz CT molecular complexity index is 354. The Hall–Kier alpha value is -1.60. The Morgan fingerprint density at radius 3 is 2.87 bits per heavy atom. The monoisotopic (exact) mass is 204 g/mol. The van der Waals surface area contributed by atoms with E-state index in [1.165, 1.54) is 0 Å². The van der Waals surface area contributed by atoms with Gasteiger partial charge in [0.1, 0.15) is 11.8 Å². The topological polar surface area (TPSA) is 74.7 Å². The Kier molecular flexibility index (Phi) is 4.07. The molecule has 0 bridgehead atoms. The molecule has 0 spiro atoms. The molecule has 0 radical (unpaired) electrons. The van der Waals surface area contributed by atoms with Crippen LogP contribution in [0.25, 0.3) is 0 Å². The quantitative estimate of drug-likeness (QED) is 0.776. The summed E-state index contributed by atoms with van der Waals surface area (Å²) < 4.78 is 0. The van der Waals surface area contributed by atoms with Crippen molar-refractivity contribution in [1.29, 1.82) is 5.26 Å². The van der Waals surface area contributed by atoms with Crippen molar-refractivity contribution in [3.8, 4) is 6.07 Å². The lowest BCUT2D eigenvalue weighted by Gasteiger charge is -2.21. The first-order valence-electron chi connectivity index (χ1n) is 5.00. The Morgan fingerprint density at radius 2 is 2.33 bits per heavy atom. The van der Waals surface area contributed by atoms with Crippen molar-refractivity contribution in [1.82, 2.24) is 4.98 Å². The summed E-state index contributed by atoms with van der Waals surface area (Å²) in [6.45, 7) is 4.79. The van der Waals surface area contributed by atoms with E-state index in [4.69, 9.17) is 11.0 Å². The maximum Gasteiger partial charge on any atom is 0.142 e. The van der Waals surface area contributed by atoms with E-state index in [-0.39, 0.29) is 6.04 Å². The van der Waals surface area contributed by atoms with E-state index in [0.29, 0.717) is 18.2 Å². The number of nitrogens with zero attached hydrogens (tertiary/aromatic N) is 2. The maximum atomic E-state index is 8.70. The zero-order chi connectivity index (χ0) is 11.3. The van der Waals surface area contributed by atoms with Gasteiger partial charge < -0.3 is 11.1 Å². The molecule has 1 unspecified atom stereocenters. The minimum atomic E-state index is 0.221. The van der Waals surface area contributed by atoms with Gasteiger partial charge in [-0.2, -0.15) is 5.26 Å². The molecule has 0 aromatic carbocycles. The molecule has 0 saturated carbocycles. The number of anilines is 1. The van der Waals surface area contributed by atoms with E-state index in [0.717, 1.165) is 5.69 Å². The van der Waals surface area contributed by atoms with Gasteiger partial charge in [0.2, 0.25) is 0 Å². The molecular formula is C11H16N4. The van der Waals surface area contributed by atoms with Crippen LogP contribution >= 0.6 is 0 Å². The summed E-state index contributed by atoms with van der Waals surface area (Å²) in [7, 11) is 0. The summed E-state index contributed by atoms with van der Waals surface area (Å²) in [4.78, 5) is 3.90. The predicted molar refractivity (Wildman–Crippen MR) is 60.3 cm³/mol. The molecule has 3 N–H and O–H groups in total. The van der Waals surface area contributed by atoms with Crippen LogP contribution in [0.1, 0.15) is 19.5 Å². The van der Waals surface area contributed by atoms with Crippen molar-refractivity contribution in [3.63, 3.8) is 0 Å².